The predicted molar refractivity (Wildman–Crippen MR) is 57.1 cm³/mol. The minimum Gasteiger partial charge on any atom is -0.478 e. The second-order valence-electron chi connectivity index (χ2n) is 4.48. The van der Waals surface area contributed by atoms with Crippen molar-refractivity contribution in [2.24, 2.45) is 11.8 Å². The average molecular weight is 196 g/mol. The zero-order valence-corrected chi connectivity index (χ0v) is 9.12. The van der Waals surface area contributed by atoms with E-state index in [-0.39, 0.29) is 5.92 Å². The van der Waals surface area contributed by atoms with Crippen LogP contribution in [0.2, 0.25) is 0 Å². The highest BCUT2D eigenvalue weighted by Crippen LogP contribution is 2.27. The average Bonchev–Trinajstić information content (AvgIpc) is 2.15. The van der Waals surface area contributed by atoms with Crippen LogP contribution < -0.4 is 0 Å². The zero-order valence-electron chi connectivity index (χ0n) is 9.12. The molecule has 0 radical (unpaired) electrons. The number of carboxylic acid groups (broad SMARTS) is 1. The Bertz CT molecular complexity index is 222. The van der Waals surface area contributed by atoms with Crippen LogP contribution in [0.15, 0.2) is 11.6 Å². The van der Waals surface area contributed by atoms with Gasteiger partial charge in [-0.25, -0.2) is 4.79 Å². The Morgan fingerprint density at radius 3 is 2.29 bits per heavy atom. The van der Waals surface area contributed by atoms with Crippen LogP contribution in [0.3, 0.4) is 0 Å². The SMILES string of the molecule is CC(C)C(=CC1CCCCC1)C(=O)O. The van der Waals surface area contributed by atoms with E-state index in [0.29, 0.717) is 11.5 Å². The van der Waals surface area contributed by atoms with Gasteiger partial charge in [0.2, 0.25) is 0 Å². The molecule has 1 rings (SSSR count). The van der Waals surface area contributed by atoms with Gasteiger partial charge in [-0.1, -0.05) is 39.2 Å². The van der Waals surface area contributed by atoms with Crippen LogP contribution in [0, 0.1) is 11.8 Å². The van der Waals surface area contributed by atoms with E-state index in [9.17, 15) is 4.79 Å². The van der Waals surface area contributed by atoms with E-state index in [1.165, 1.54) is 32.1 Å². The van der Waals surface area contributed by atoms with Crippen LogP contribution in [0.4, 0.5) is 0 Å². The third kappa shape index (κ3) is 3.17. The Balaban J connectivity index is 2.65. The van der Waals surface area contributed by atoms with Crippen LogP contribution in [0.1, 0.15) is 46.0 Å². The maximum absolute atomic E-state index is 10.9. The lowest BCUT2D eigenvalue weighted by Gasteiger charge is -2.19. The van der Waals surface area contributed by atoms with Crippen molar-refractivity contribution >= 4 is 5.97 Å². The number of hydrogen-bond acceptors (Lipinski definition) is 1. The normalized spacial score (nSPS) is 20.1. The maximum atomic E-state index is 10.9. The van der Waals surface area contributed by atoms with Gasteiger partial charge in [-0.05, 0) is 24.7 Å². The van der Waals surface area contributed by atoms with Crippen LogP contribution in [-0.2, 0) is 4.79 Å². The van der Waals surface area contributed by atoms with E-state index in [0.717, 1.165) is 0 Å². The van der Waals surface area contributed by atoms with Gasteiger partial charge in [-0.15, -0.1) is 0 Å². The lowest BCUT2D eigenvalue weighted by molar-refractivity contribution is -0.133. The Labute approximate surface area is 86.0 Å². The van der Waals surface area contributed by atoms with Gasteiger partial charge in [0.15, 0.2) is 0 Å². The molecule has 1 fully saturated rings. The zero-order chi connectivity index (χ0) is 10.6. The van der Waals surface area contributed by atoms with Gasteiger partial charge in [0.05, 0.1) is 0 Å². The Kier molecular flexibility index (Phi) is 4.18. The van der Waals surface area contributed by atoms with Crippen molar-refractivity contribution in [2.45, 2.75) is 46.0 Å². The molecule has 0 saturated heterocycles. The first-order valence-electron chi connectivity index (χ1n) is 5.56. The summed E-state index contributed by atoms with van der Waals surface area (Å²) in [4.78, 5) is 10.9. The third-order valence-corrected chi connectivity index (χ3v) is 2.93. The Morgan fingerprint density at radius 1 is 1.29 bits per heavy atom. The molecule has 0 spiro atoms. The van der Waals surface area contributed by atoms with Gasteiger partial charge in [0.1, 0.15) is 0 Å². The third-order valence-electron chi connectivity index (χ3n) is 2.93. The van der Waals surface area contributed by atoms with Gasteiger partial charge in [-0.3, -0.25) is 0 Å². The molecule has 0 aliphatic heterocycles. The summed E-state index contributed by atoms with van der Waals surface area (Å²) in [5.74, 6) is -0.0998. The second kappa shape index (κ2) is 5.18. The maximum Gasteiger partial charge on any atom is 0.331 e. The smallest absolute Gasteiger partial charge is 0.331 e. The molecule has 1 aliphatic carbocycles. The van der Waals surface area contributed by atoms with Crippen LogP contribution >= 0.6 is 0 Å². The van der Waals surface area contributed by atoms with E-state index in [2.05, 4.69) is 0 Å². The second-order valence-corrected chi connectivity index (χ2v) is 4.48. The summed E-state index contributed by atoms with van der Waals surface area (Å²) in [5, 5.41) is 9.01. The summed E-state index contributed by atoms with van der Waals surface area (Å²) in [6, 6.07) is 0. The molecule has 1 N–H and O–H groups in total. The van der Waals surface area contributed by atoms with Crippen LogP contribution in [0.5, 0.6) is 0 Å². The van der Waals surface area contributed by atoms with Gasteiger partial charge in [0, 0.05) is 5.57 Å². The molecule has 0 aromatic carbocycles. The standard InChI is InChI=1S/C12H20O2/c1-9(2)11(12(13)14)8-10-6-4-3-5-7-10/h8-10H,3-7H2,1-2H3,(H,13,14). The van der Waals surface area contributed by atoms with Crippen molar-refractivity contribution in [3.05, 3.63) is 11.6 Å². The fourth-order valence-corrected chi connectivity index (χ4v) is 2.07. The van der Waals surface area contributed by atoms with Gasteiger partial charge >= 0.3 is 5.97 Å². The summed E-state index contributed by atoms with van der Waals surface area (Å²) in [6.07, 6.45) is 8.16. The molecule has 0 aromatic heterocycles. The number of aliphatic carboxylic acids is 1. The molecule has 1 saturated carbocycles. The van der Waals surface area contributed by atoms with Crippen molar-refractivity contribution < 1.29 is 9.90 Å². The number of hydrogen-bond donors (Lipinski definition) is 1. The highest BCUT2D eigenvalue weighted by molar-refractivity contribution is 5.87. The molecule has 1 aliphatic rings. The van der Waals surface area contributed by atoms with Crippen molar-refractivity contribution in [1.82, 2.24) is 0 Å². The first-order valence-corrected chi connectivity index (χ1v) is 5.56. The van der Waals surface area contributed by atoms with Crippen molar-refractivity contribution in [2.75, 3.05) is 0 Å². The molecule has 14 heavy (non-hydrogen) atoms. The summed E-state index contributed by atoms with van der Waals surface area (Å²) in [6.45, 7) is 3.89. The van der Waals surface area contributed by atoms with Gasteiger partial charge in [0.25, 0.3) is 0 Å². The van der Waals surface area contributed by atoms with Gasteiger partial charge < -0.3 is 5.11 Å². The number of carboxylic acids is 1. The van der Waals surface area contributed by atoms with E-state index in [1.54, 1.807) is 0 Å². The van der Waals surface area contributed by atoms with E-state index >= 15 is 0 Å². The first kappa shape index (κ1) is 11.3. The van der Waals surface area contributed by atoms with Crippen molar-refractivity contribution in [3.8, 4) is 0 Å². The molecule has 80 valence electrons. The molecule has 0 bridgehead atoms. The monoisotopic (exact) mass is 196 g/mol. The van der Waals surface area contributed by atoms with Crippen molar-refractivity contribution in [3.63, 3.8) is 0 Å². The first-order chi connectivity index (χ1) is 6.61. The van der Waals surface area contributed by atoms with Gasteiger partial charge in [-0.2, -0.15) is 0 Å². The molecule has 0 aromatic rings. The Hall–Kier alpha value is -0.790. The molecule has 0 heterocycles. The number of allylic oxidation sites excluding steroid dienone is 1. The summed E-state index contributed by atoms with van der Waals surface area (Å²) in [7, 11) is 0. The lowest BCUT2D eigenvalue weighted by atomic mass is 9.86. The van der Waals surface area contributed by atoms with Crippen LogP contribution in [0.25, 0.3) is 0 Å². The summed E-state index contributed by atoms with van der Waals surface area (Å²) < 4.78 is 0. The summed E-state index contributed by atoms with van der Waals surface area (Å²) in [5.41, 5.74) is 0.594. The molecule has 2 heteroatoms. The van der Waals surface area contributed by atoms with E-state index < -0.39 is 5.97 Å². The fourth-order valence-electron chi connectivity index (χ4n) is 2.07. The summed E-state index contributed by atoms with van der Waals surface area (Å²) >= 11 is 0. The molecular formula is C12H20O2. The lowest BCUT2D eigenvalue weighted by Crippen LogP contribution is -2.11. The fraction of sp³-hybridized carbons (Fsp3) is 0.750. The topological polar surface area (TPSA) is 37.3 Å². The van der Waals surface area contributed by atoms with E-state index in [4.69, 9.17) is 5.11 Å². The molecule has 0 atom stereocenters. The molecule has 2 nitrogen and oxygen atoms in total. The quantitative estimate of drug-likeness (QED) is 0.703. The predicted octanol–water partition coefficient (Wildman–Crippen LogP) is 3.23. The highest BCUT2D eigenvalue weighted by Gasteiger charge is 2.17. The molecule has 0 amide bonds. The number of carbonyl (C=O) groups is 1. The Morgan fingerprint density at radius 2 is 1.86 bits per heavy atom. The molecular weight excluding hydrogens is 176 g/mol. The molecule has 0 unspecified atom stereocenters. The minimum atomic E-state index is -0.745. The van der Waals surface area contributed by atoms with Crippen LogP contribution in [-0.4, -0.2) is 11.1 Å². The number of rotatable bonds is 3. The largest absolute Gasteiger partial charge is 0.478 e. The van der Waals surface area contributed by atoms with E-state index in [1.807, 2.05) is 19.9 Å². The minimum absolute atomic E-state index is 0.134. The van der Waals surface area contributed by atoms with Crippen molar-refractivity contribution in [1.29, 1.82) is 0 Å². The highest BCUT2D eigenvalue weighted by atomic mass is 16.4.